The summed E-state index contributed by atoms with van der Waals surface area (Å²) in [6.07, 6.45) is 2.32. The van der Waals surface area contributed by atoms with Gasteiger partial charge in [-0.15, -0.1) is 0 Å². The monoisotopic (exact) mass is 442 g/mol. The predicted octanol–water partition coefficient (Wildman–Crippen LogP) is 3.63. The molecule has 0 saturated heterocycles. The van der Waals surface area contributed by atoms with Crippen LogP contribution in [0.25, 0.3) is 0 Å². The molecule has 0 fully saturated rings. The van der Waals surface area contributed by atoms with E-state index in [0.29, 0.717) is 24.3 Å². The first-order valence-electron chi connectivity index (χ1n) is 9.96. The van der Waals surface area contributed by atoms with Crippen molar-refractivity contribution >= 4 is 40.9 Å². The number of carbonyl (C=O) groups excluding carboxylic acids is 3. The molecule has 0 spiro atoms. The van der Waals surface area contributed by atoms with Crippen LogP contribution in [0, 0.1) is 0 Å². The number of amides is 1. The molecule has 2 aromatic carbocycles. The number of carbonyl (C=O) groups is 3. The summed E-state index contributed by atoms with van der Waals surface area (Å²) in [6.45, 7) is 0.364. The van der Waals surface area contributed by atoms with Gasteiger partial charge in [0.2, 0.25) is 5.91 Å². The van der Waals surface area contributed by atoms with Crippen LogP contribution in [0.4, 0.5) is 5.69 Å². The molecule has 0 saturated carbocycles. The van der Waals surface area contributed by atoms with Crippen LogP contribution in [0.15, 0.2) is 54.6 Å². The van der Waals surface area contributed by atoms with Gasteiger partial charge >= 0.3 is 11.9 Å². The maximum atomic E-state index is 12.0. The Morgan fingerprint density at radius 1 is 0.935 bits per heavy atom. The summed E-state index contributed by atoms with van der Waals surface area (Å²) in [5.41, 5.74) is 2.24. The number of nitrogens with one attached hydrogen (secondary N) is 2. The molecule has 0 aromatic heterocycles. The average Bonchev–Trinajstić information content (AvgIpc) is 2.77. The Morgan fingerprint density at radius 3 is 2.32 bits per heavy atom. The van der Waals surface area contributed by atoms with Crippen LogP contribution in [-0.4, -0.2) is 36.7 Å². The summed E-state index contributed by atoms with van der Waals surface area (Å²) >= 11 is 5.11. The molecule has 1 amide bonds. The van der Waals surface area contributed by atoms with Crippen molar-refractivity contribution in [3.05, 3.63) is 65.7 Å². The number of benzene rings is 2. The summed E-state index contributed by atoms with van der Waals surface area (Å²) in [4.78, 5) is 35.2. The second kappa shape index (κ2) is 13.1. The van der Waals surface area contributed by atoms with Crippen LogP contribution < -0.4 is 10.6 Å². The Kier molecular flexibility index (Phi) is 10.2. The Balaban J connectivity index is 1.57. The zero-order chi connectivity index (χ0) is 22.5. The summed E-state index contributed by atoms with van der Waals surface area (Å²) in [5, 5.41) is 5.56. The van der Waals surface area contributed by atoms with Gasteiger partial charge in [-0.25, -0.2) is 4.79 Å². The highest BCUT2D eigenvalue weighted by molar-refractivity contribution is 7.80. The van der Waals surface area contributed by atoms with Crippen molar-refractivity contribution in [1.29, 1.82) is 0 Å². The topological polar surface area (TPSA) is 93.7 Å². The molecule has 31 heavy (non-hydrogen) atoms. The Labute approximate surface area is 187 Å². The Hall–Kier alpha value is -3.26. The van der Waals surface area contributed by atoms with Crippen molar-refractivity contribution in [2.45, 2.75) is 32.1 Å². The maximum Gasteiger partial charge on any atom is 0.337 e. The van der Waals surface area contributed by atoms with E-state index < -0.39 is 5.97 Å². The molecule has 2 aromatic rings. The summed E-state index contributed by atoms with van der Waals surface area (Å²) in [7, 11) is 1.31. The number of hydrogen-bond acceptors (Lipinski definition) is 6. The van der Waals surface area contributed by atoms with E-state index in [1.807, 2.05) is 30.3 Å². The van der Waals surface area contributed by atoms with Gasteiger partial charge in [-0.1, -0.05) is 30.3 Å². The van der Waals surface area contributed by atoms with E-state index in [2.05, 4.69) is 15.4 Å². The standard InChI is InChI=1S/C23H26N2O5S/c1-29-22(28)18-12-14-19(15-13-18)24-23(31)25-20(26)10-5-11-21(27)30-16-6-9-17-7-3-2-4-8-17/h2-4,7-8,12-15H,5-6,9-11,16H2,1H3,(H2,24,25,26,31). The van der Waals surface area contributed by atoms with E-state index in [1.165, 1.54) is 12.7 Å². The van der Waals surface area contributed by atoms with Gasteiger partial charge in [0.1, 0.15) is 0 Å². The summed E-state index contributed by atoms with van der Waals surface area (Å²) in [6, 6.07) is 16.5. The highest BCUT2D eigenvalue weighted by Crippen LogP contribution is 2.10. The lowest BCUT2D eigenvalue weighted by atomic mass is 10.1. The SMILES string of the molecule is COC(=O)c1ccc(NC(=S)NC(=O)CCCC(=O)OCCCc2ccccc2)cc1. The lowest BCUT2D eigenvalue weighted by Gasteiger charge is -2.10. The molecular weight excluding hydrogens is 416 g/mol. The molecule has 0 unspecified atom stereocenters. The van der Waals surface area contributed by atoms with Crippen LogP contribution >= 0.6 is 12.2 Å². The zero-order valence-corrected chi connectivity index (χ0v) is 18.2. The number of methoxy groups -OCH3 is 1. The van der Waals surface area contributed by atoms with Crippen LogP contribution in [0.5, 0.6) is 0 Å². The fraction of sp³-hybridized carbons (Fsp3) is 0.304. The van der Waals surface area contributed by atoms with Crippen molar-refractivity contribution in [2.24, 2.45) is 0 Å². The highest BCUT2D eigenvalue weighted by atomic mass is 32.1. The largest absolute Gasteiger partial charge is 0.466 e. The number of hydrogen-bond donors (Lipinski definition) is 2. The molecular formula is C23H26N2O5S. The van der Waals surface area contributed by atoms with Gasteiger partial charge < -0.3 is 20.1 Å². The number of aryl methyl sites for hydroxylation is 1. The molecule has 0 aliphatic carbocycles. The smallest absolute Gasteiger partial charge is 0.337 e. The number of thiocarbonyl (C=S) groups is 1. The van der Waals surface area contributed by atoms with Crippen LogP contribution in [-0.2, 0) is 25.5 Å². The van der Waals surface area contributed by atoms with Gasteiger partial charge in [-0.3, -0.25) is 9.59 Å². The molecule has 0 heterocycles. The van der Waals surface area contributed by atoms with E-state index in [9.17, 15) is 14.4 Å². The highest BCUT2D eigenvalue weighted by Gasteiger charge is 2.09. The number of rotatable bonds is 10. The third-order valence-electron chi connectivity index (χ3n) is 4.32. The van der Waals surface area contributed by atoms with Crippen molar-refractivity contribution in [2.75, 3.05) is 19.0 Å². The third-order valence-corrected chi connectivity index (χ3v) is 4.52. The minimum absolute atomic E-state index is 0.138. The van der Waals surface area contributed by atoms with Crippen molar-refractivity contribution < 1.29 is 23.9 Å². The van der Waals surface area contributed by atoms with E-state index in [-0.39, 0.29) is 29.8 Å². The second-order valence-electron chi connectivity index (χ2n) is 6.73. The average molecular weight is 443 g/mol. The lowest BCUT2D eigenvalue weighted by Crippen LogP contribution is -2.34. The van der Waals surface area contributed by atoms with E-state index >= 15 is 0 Å². The molecule has 7 nitrogen and oxygen atoms in total. The van der Waals surface area contributed by atoms with Crippen molar-refractivity contribution in [1.82, 2.24) is 5.32 Å². The van der Waals surface area contributed by atoms with Gasteiger partial charge in [-0.05, 0) is 61.3 Å². The second-order valence-corrected chi connectivity index (χ2v) is 7.14. The quantitative estimate of drug-likeness (QED) is 0.330. The molecule has 0 radical (unpaired) electrons. The number of esters is 2. The predicted molar refractivity (Wildman–Crippen MR) is 122 cm³/mol. The molecule has 164 valence electrons. The summed E-state index contributed by atoms with van der Waals surface area (Å²) in [5.74, 6) is -1.04. The van der Waals surface area contributed by atoms with E-state index in [1.54, 1.807) is 24.3 Å². The van der Waals surface area contributed by atoms with Gasteiger partial charge in [0, 0.05) is 18.5 Å². The van der Waals surface area contributed by atoms with E-state index in [0.717, 1.165) is 12.8 Å². The molecule has 0 bridgehead atoms. The first-order chi connectivity index (χ1) is 15.0. The first-order valence-corrected chi connectivity index (χ1v) is 10.4. The summed E-state index contributed by atoms with van der Waals surface area (Å²) < 4.78 is 9.83. The molecule has 2 N–H and O–H groups in total. The zero-order valence-electron chi connectivity index (χ0n) is 17.4. The molecule has 0 aliphatic rings. The normalized spacial score (nSPS) is 10.1. The third kappa shape index (κ3) is 9.39. The Morgan fingerprint density at radius 2 is 1.65 bits per heavy atom. The lowest BCUT2D eigenvalue weighted by molar-refractivity contribution is -0.143. The molecule has 0 aliphatic heterocycles. The van der Waals surface area contributed by atoms with Gasteiger partial charge in [-0.2, -0.15) is 0 Å². The Bertz CT molecular complexity index is 885. The van der Waals surface area contributed by atoms with Gasteiger partial charge in [0.15, 0.2) is 5.11 Å². The van der Waals surface area contributed by atoms with Crippen molar-refractivity contribution in [3.63, 3.8) is 0 Å². The maximum absolute atomic E-state index is 12.0. The molecule has 2 rings (SSSR count). The van der Waals surface area contributed by atoms with Crippen LogP contribution in [0.3, 0.4) is 0 Å². The van der Waals surface area contributed by atoms with Crippen molar-refractivity contribution in [3.8, 4) is 0 Å². The minimum Gasteiger partial charge on any atom is -0.466 e. The van der Waals surface area contributed by atoms with E-state index in [4.69, 9.17) is 17.0 Å². The number of ether oxygens (including phenoxy) is 2. The fourth-order valence-corrected chi connectivity index (χ4v) is 2.96. The van der Waals surface area contributed by atoms with Gasteiger partial charge in [0.25, 0.3) is 0 Å². The van der Waals surface area contributed by atoms with Crippen LogP contribution in [0.2, 0.25) is 0 Å². The fourth-order valence-electron chi connectivity index (χ4n) is 2.73. The molecule has 8 heteroatoms. The minimum atomic E-state index is -0.433. The van der Waals surface area contributed by atoms with Gasteiger partial charge in [0.05, 0.1) is 19.3 Å². The number of anilines is 1. The molecule has 0 atom stereocenters. The van der Waals surface area contributed by atoms with Crippen LogP contribution in [0.1, 0.15) is 41.6 Å². The first kappa shape index (κ1) is 24.0.